The number of nitrogens with zero attached hydrogens (tertiary/aromatic N) is 2. The summed E-state index contributed by atoms with van der Waals surface area (Å²) < 4.78 is 0. The number of benzene rings is 1. The molecule has 0 saturated heterocycles. The highest BCUT2D eigenvalue weighted by Gasteiger charge is 2.15. The van der Waals surface area contributed by atoms with E-state index in [1.165, 1.54) is 36.8 Å². The number of H-pyrrole nitrogens is 1. The van der Waals surface area contributed by atoms with E-state index in [1.807, 2.05) is 18.3 Å². The number of nitrogens with one attached hydrogen (secondary N) is 1. The Kier molecular flexibility index (Phi) is 3.62. The number of aromatic amines is 1. The van der Waals surface area contributed by atoms with Crippen LogP contribution >= 0.6 is 11.8 Å². The molecule has 4 heteroatoms. The Morgan fingerprint density at radius 1 is 1.14 bits per heavy atom. The van der Waals surface area contributed by atoms with Crippen molar-refractivity contribution < 1.29 is 0 Å². The van der Waals surface area contributed by atoms with Gasteiger partial charge in [-0.05, 0) is 68.0 Å². The normalized spacial score (nSPS) is 15.7. The first-order chi connectivity index (χ1) is 10.8. The Morgan fingerprint density at radius 2 is 1.95 bits per heavy atom. The topological polar surface area (TPSA) is 41.6 Å². The maximum Gasteiger partial charge on any atom is 0.167 e. The number of aryl methyl sites for hydroxylation is 2. The van der Waals surface area contributed by atoms with Gasteiger partial charge in [0.1, 0.15) is 0 Å². The molecule has 0 fully saturated rings. The second kappa shape index (κ2) is 5.76. The fraction of sp³-hybridized carbons (Fsp3) is 0.333. The van der Waals surface area contributed by atoms with Gasteiger partial charge in [-0.15, -0.1) is 0 Å². The third-order valence-electron chi connectivity index (χ3n) is 4.32. The third kappa shape index (κ3) is 2.63. The molecule has 3 nitrogen and oxygen atoms in total. The van der Waals surface area contributed by atoms with E-state index in [4.69, 9.17) is 4.98 Å². The molecule has 2 aromatic heterocycles. The summed E-state index contributed by atoms with van der Waals surface area (Å²) in [6.45, 7) is 2.17. The highest BCUT2D eigenvalue weighted by molar-refractivity contribution is 7.99. The van der Waals surface area contributed by atoms with Gasteiger partial charge >= 0.3 is 0 Å². The predicted octanol–water partition coefficient (Wildman–Crippen LogP) is 4.69. The number of fused-ring (bicyclic) bond motifs is 2. The molecular formula is C18H19N3S. The first-order valence-corrected chi connectivity index (χ1v) is 8.77. The van der Waals surface area contributed by atoms with Gasteiger partial charge in [-0.1, -0.05) is 17.8 Å². The molecule has 2 heterocycles. The molecule has 0 saturated carbocycles. The minimum absolute atomic E-state index is 0.288. The van der Waals surface area contributed by atoms with Crippen LogP contribution in [-0.2, 0) is 12.8 Å². The molecule has 1 atom stereocenters. The molecule has 0 bridgehead atoms. The highest BCUT2D eigenvalue weighted by atomic mass is 32.2. The second-order valence-electron chi connectivity index (χ2n) is 5.90. The first kappa shape index (κ1) is 13.8. The van der Waals surface area contributed by atoms with Crippen LogP contribution in [0.15, 0.2) is 41.7 Å². The van der Waals surface area contributed by atoms with Crippen LogP contribution in [-0.4, -0.2) is 15.0 Å². The molecule has 0 spiro atoms. The number of hydrogen-bond acceptors (Lipinski definition) is 3. The first-order valence-electron chi connectivity index (χ1n) is 7.89. The molecule has 0 radical (unpaired) electrons. The van der Waals surface area contributed by atoms with Crippen LogP contribution in [0.2, 0.25) is 0 Å². The van der Waals surface area contributed by atoms with E-state index in [1.54, 1.807) is 11.8 Å². The molecule has 3 aromatic rings. The van der Waals surface area contributed by atoms with Crippen LogP contribution in [0.5, 0.6) is 0 Å². The van der Waals surface area contributed by atoms with Crippen molar-refractivity contribution >= 4 is 22.8 Å². The minimum atomic E-state index is 0.288. The summed E-state index contributed by atoms with van der Waals surface area (Å²) >= 11 is 1.74. The molecule has 1 unspecified atom stereocenters. The smallest absolute Gasteiger partial charge is 0.167 e. The van der Waals surface area contributed by atoms with E-state index in [-0.39, 0.29) is 5.25 Å². The quantitative estimate of drug-likeness (QED) is 0.714. The number of aromatic nitrogens is 3. The monoisotopic (exact) mass is 309 g/mol. The molecule has 0 aliphatic heterocycles. The van der Waals surface area contributed by atoms with Crippen molar-refractivity contribution in [3.05, 3.63) is 53.3 Å². The summed E-state index contributed by atoms with van der Waals surface area (Å²) in [5, 5.41) is 1.27. The second-order valence-corrected chi connectivity index (χ2v) is 7.23. The van der Waals surface area contributed by atoms with Crippen LogP contribution in [0.3, 0.4) is 0 Å². The standard InChI is InChI=1S/C18H19N3S/c1-12(15-8-4-5-9-19-15)22-18-20-16-10-13-6-2-3-7-14(13)11-17(16)21-18/h4-5,8-12H,2-3,6-7H2,1H3,(H,20,21). The summed E-state index contributed by atoms with van der Waals surface area (Å²) in [7, 11) is 0. The average molecular weight is 309 g/mol. The van der Waals surface area contributed by atoms with Gasteiger partial charge in [0, 0.05) is 6.20 Å². The van der Waals surface area contributed by atoms with Gasteiger partial charge < -0.3 is 4.98 Å². The van der Waals surface area contributed by atoms with E-state index in [0.29, 0.717) is 0 Å². The molecule has 1 aromatic carbocycles. The average Bonchev–Trinajstić information content (AvgIpc) is 2.94. The number of imidazole rings is 1. The minimum Gasteiger partial charge on any atom is -0.333 e. The Morgan fingerprint density at radius 3 is 2.73 bits per heavy atom. The van der Waals surface area contributed by atoms with E-state index in [0.717, 1.165) is 21.9 Å². The van der Waals surface area contributed by atoms with Gasteiger partial charge in [-0.25, -0.2) is 4.98 Å². The van der Waals surface area contributed by atoms with E-state index >= 15 is 0 Å². The molecular weight excluding hydrogens is 290 g/mol. The predicted molar refractivity (Wildman–Crippen MR) is 91.2 cm³/mol. The molecule has 1 N–H and O–H groups in total. The van der Waals surface area contributed by atoms with Crippen LogP contribution < -0.4 is 0 Å². The molecule has 1 aliphatic rings. The van der Waals surface area contributed by atoms with E-state index in [2.05, 4.69) is 35.1 Å². The zero-order valence-corrected chi connectivity index (χ0v) is 13.5. The lowest BCUT2D eigenvalue weighted by atomic mass is 9.91. The lowest BCUT2D eigenvalue weighted by molar-refractivity contribution is 0.687. The van der Waals surface area contributed by atoms with Crippen LogP contribution in [0.1, 0.15) is 41.8 Å². The van der Waals surface area contributed by atoms with Gasteiger partial charge in [0.05, 0.1) is 22.0 Å². The summed E-state index contributed by atoms with van der Waals surface area (Å²) in [4.78, 5) is 12.7. The fourth-order valence-corrected chi connectivity index (χ4v) is 4.03. The zero-order chi connectivity index (χ0) is 14.9. The van der Waals surface area contributed by atoms with Crippen molar-refractivity contribution in [3.63, 3.8) is 0 Å². The summed E-state index contributed by atoms with van der Waals surface area (Å²) in [6, 6.07) is 10.6. The van der Waals surface area contributed by atoms with E-state index in [9.17, 15) is 0 Å². The number of thioether (sulfide) groups is 1. The Labute approximate surface area is 134 Å². The van der Waals surface area contributed by atoms with Gasteiger partial charge in [-0.2, -0.15) is 0 Å². The van der Waals surface area contributed by atoms with Crippen LogP contribution in [0, 0.1) is 0 Å². The van der Waals surface area contributed by atoms with Crippen molar-refractivity contribution in [1.82, 2.24) is 15.0 Å². The van der Waals surface area contributed by atoms with Gasteiger partial charge in [0.25, 0.3) is 0 Å². The Balaban J connectivity index is 1.62. The summed E-state index contributed by atoms with van der Waals surface area (Å²) in [5.74, 6) is 0. The SMILES string of the molecule is CC(Sc1nc2cc3c(cc2[nH]1)CCCC3)c1ccccn1. The van der Waals surface area contributed by atoms with Gasteiger partial charge in [-0.3, -0.25) is 4.98 Å². The summed E-state index contributed by atoms with van der Waals surface area (Å²) in [5.41, 5.74) is 6.33. The number of pyridine rings is 1. The van der Waals surface area contributed by atoms with Crippen molar-refractivity contribution in [3.8, 4) is 0 Å². The maximum absolute atomic E-state index is 4.77. The molecule has 4 rings (SSSR count). The van der Waals surface area contributed by atoms with Crippen molar-refractivity contribution in [2.45, 2.75) is 43.0 Å². The third-order valence-corrected chi connectivity index (χ3v) is 5.33. The fourth-order valence-electron chi connectivity index (χ4n) is 3.12. The maximum atomic E-state index is 4.77. The van der Waals surface area contributed by atoms with E-state index < -0.39 is 0 Å². The van der Waals surface area contributed by atoms with Crippen molar-refractivity contribution in [1.29, 1.82) is 0 Å². The Bertz CT molecular complexity index is 752. The zero-order valence-electron chi connectivity index (χ0n) is 12.7. The molecule has 0 amide bonds. The lowest BCUT2D eigenvalue weighted by Crippen LogP contribution is -2.01. The lowest BCUT2D eigenvalue weighted by Gasteiger charge is -2.14. The number of rotatable bonds is 3. The van der Waals surface area contributed by atoms with Crippen molar-refractivity contribution in [2.75, 3.05) is 0 Å². The van der Waals surface area contributed by atoms with Crippen LogP contribution in [0.4, 0.5) is 0 Å². The van der Waals surface area contributed by atoms with Crippen molar-refractivity contribution in [2.24, 2.45) is 0 Å². The largest absolute Gasteiger partial charge is 0.333 e. The van der Waals surface area contributed by atoms with Gasteiger partial charge in [0.2, 0.25) is 0 Å². The molecule has 1 aliphatic carbocycles. The number of hydrogen-bond donors (Lipinski definition) is 1. The van der Waals surface area contributed by atoms with Gasteiger partial charge in [0.15, 0.2) is 5.16 Å². The molecule has 22 heavy (non-hydrogen) atoms. The summed E-state index contributed by atoms with van der Waals surface area (Å²) in [6.07, 6.45) is 6.87. The Hall–Kier alpha value is -1.81. The van der Waals surface area contributed by atoms with Crippen LogP contribution in [0.25, 0.3) is 11.0 Å². The highest BCUT2D eigenvalue weighted by Crippen LogP contribution is 2.34. The molecule has 112 valence electrons.